The molecule has 316 valence electrons. The summed E-state index contributed by atoms with van der Waals surface area (Å²) in [6.07, 6.45) is 3.89. The van der Waals surface area contributed by atoms with E-state index < -0.39 is 70.7 Å². The minimum Gasteiger partial charge on any atom is -0.479 e. The molecule has 56 heavy (non-hydrogen) atoms. The zero-order valence-electron chi connectivity index (χ0n) is 34.8. The highest BCUT2D eigenvalue weighted by atomic mass is 19.1. The molecule has 0 aliphatic heterocycles. The van der Waals surface area contributed by atoms with Gasteiger partial charge in [-0.15, -0.1) is 0 Å². The van der Waals surface area contributed by atoms with E-state index in [9.17, 15) is 28.7 Å². The first-order valence-electron chi connectivity index (χ1n) is 20.4. The first-order valence-corrected chi connectivity index (χ1v) is 20.4. The van der Waals surface area contributed by atoms with E-state index in [0.717, 1.165) is 25.7 Å². The van der Waals surface area contributed by atoms with Crippen LogP contribution < -0.4 is 5.73 Å². The van der Waals surface area contributed by atoms with E-state index in [1.54, 1.807) is 20.8 Å². The third-order valence-corrected chi connectivity index (χ3v) is 12.4. The maximum absolute atomic E-state index is 15.0. The molecule has 13 heteroatoms. The molecular formula is C43H65F2NO10. The largest absolute Gasteiger partial charge is 0.508 e. The standard InChI is InChI=1S/C22H27F2NO7.C21H38O3/c1-11(31-18(28)20(2,3)4)32-19(29)22(25)15(9-14-16(22)21(14,24)17(26)27)30-10-12-5-7-13(23)8-6-12;1-13(2)17-9-7-15(5)11-19(17)23-21(22)24-20-12-16(6)8-10-18(20)14(3)4/h5-8,11,14-16H,9-10,25H2,1-4H3,(H,26,27);13-20H,7-12H2,1-6H3/t11-,14+,15+,16-,21+,22-;15-,16-,17+,18+,19-,20-/m01/s1. The van der Waals surface area contributed by atoms with Crippen molar-refractivity contribution >= 4 is 24.1 Å². The second-order valence-corrected chi connectivity index (χ2v) is 18.6. The number of ether oxygens (including phenoxy) is 5. The second kappa shape index (κ2) is 18.1. The second-order valence-electron chi connectivity index (χ2n) is 18.6. The van der Waals surface area contributed by atoms with Crippen LogP contribution in [0.4, 0.5) is 13.6 Å². The van der Waals surface area contributed by atoms with Crippen molar-refractivity contribution < 1.29 is 56.7 Å². The number of carboxylic acid groups (broad SMARTS) is 1. The van der Waals surface area contributed by atoms with Crippen LogP contribution in [0.15, 0.2) is 24.3 Å². The summed E-state index contributed by atoms with van der Waals surface area (Å²) in [4.78, 5) is 49.0. The van der Waals surface area contributed by atoms with Crippen LogP contribution in [0.1, 0.15) is 120 Å². The number of hydrogen-bond acceptors (Lipinski definition) is 10. The van der Waals surface area contributed by atoms with Crippen molar-refractivity contribution in [3.63, 3.8) is 0 Å². The van der Waals surface area contributed by atoms with E-state index in [1.165, 1.54) is 44.0 Å². The first-order chi connectivity index (χ1) is 26.0. The molecule has 0 unspecified atom stereocenters. The van der Waals surface area contributed by atoms with Crippen LogP contribution in [0.2, 0.25) is 0 Å². The Morgan fingerprint density at radius 3 is 1.79 bits per heavy atom. The van der Waals surface area contributed by atoms with Gasteiger partial charge in [0.15, 0.2) is 0 Å². The van der Waals surface area contributed by atoms with Gasteiger partial charge in [0.2, 0.25) is 12.0 Å². The topological polar surface area (TPSA) is 161 Å². The van der Waals surface area contributed by atoms with Crippen LogP contribution >= 0.6 is 0 Å². The molecule has 11 nitrogen and oxygen atoms in total. The number of carbonyl (C=O) groups is 4. The van der Waals surface area contributed by atoms with Gasteiger partial charge in [-0.3, -0.25) is 4.79 Å². The van der Waals surface area contributed by atoms with Crippen molar-refractivity contribution in [2.24, 2.45) is 58.5 Å². The predicted octanol–water partition coefficient (Wildman–Crippen LogP) is 8.39. The Morgan fingerprint density at radius 2 is 1.34 bits per heavy atom. The third-order valence-electron chi connectivity index (χ3n) is 12.4. The molecule has 3 N–H and O–H groups in total. The summed E-state index contributed by atoms with van der Waals surface area (Å²) in [7, 11) is 0. The Bertz CT molecular complexity index is 1500. The Labute approximate surface area is 331 Å². The molecule has 0 amide bonds. The molecule has 0 bridgehead atoms. The van der Waals surface area contributed by atoms with Crippen molar-refractivity contribution in [2.75, 3.05) is 0 Å². The summed E-state index contributed by atoms with van der Waals surface area (Å²) in [5, 5.41) is 9.31. The van der Waals surface area contributed by atoms with Gasteiger partial charge in [-0.25, -0.2) is 23.2 Å². The molecule has 4 saturated carbocycles. The summed E-state index contributed by atoms with van der Waals surface area (Å²) in [5.41, 5.74) is 1.24. The normalized spacial score (nSPS) is 34.4. The Morgan fingerprint density at radius 1 is 0.839 bits per heavy atom. The average Bonchev–Trinajstić information content (AvgIpc) is 3.57. The third kappa shape index (κ3) is 10.4. The molecule has 0 radical (unpaired) electrons. The van der Waals surface area contributed by atoms with E-state index in [0.29, 0.717) is 41.1 Å². The number of hydrogen-bond donors (Lipinski definition) is 2. The van der Waals surface area contributed by atoms with Crippen LogP contribution in [0, 0.1) is 58.6 Å². The molecule has 5 rings (SSSR count). The maximum Gasteiger partial charge on any atom is 0.508 e. The predicted molar refractivity (Wildman–Crippen MR) is 204 cm³/mol. The molecular weight excluding hydrogens is 728 g/mol. The van der Waals surface area contributed by atoms with Crippen molar-refractivity contribution in [2.45, 2.75) is 157 Å². The average molecular weight is 794 g/mol. The summed E-state index contributed by atoms with van der Waals surface area (Å²) < 4.78 is 55.8. The molecule has 1 aromatic carbocycles. The highest BCUT2D eigenvalue weighted by Crippen LogP contribution is 2.67. The van der Waals surface area contributed by atoms with Crippen LogP contribution in [-0.4, -0.2) is 65.0 Å². The number of rotatable bonds is 11. The fourth-order valence-electron chi connectivity index (χ4n) is 8.95. The summed E-state index contributed by atoms with van der Waals surface area (Å²) in [6.45, 7) is 19.6. The number of esters is 2. The summed E-state index contributed by atoms with van der Waals surface area (Å²) in [6, 6.07) is 5.42. The maximum atomic E-state index is 15.0. The fraction of sp³-hybridized carbons (Fsp3) is 0.767. The molecule has 4 aliphatic rings. The number of alkyl halides is 1. The van der Waals surface area contributed by atoms with Gasteiger partial charge in [0.25, 0.3) is 0 Å². The van der Waals surface area contributed by atoms with Gasteiger partial charge >= 0.3 is 24.1 Å². The van der Waals surface area contributed by atoms with E-state index in [-0.39, 0.29) is 25.2 Å². The molecule has 0 aromatic heterocycles. The van der Waals surface area contributed by atoms with E-state index in [1.807, 2.05) is 0 Å². The van der Waals surface area contributed by atoms with Crippen LogP contribution in [-0.2, 0) is 44.7 Å². The van der Waals surface area contributed by atoms with Crippen molar-refractivity contribution in [1.82, 2.24) is 0 Å². The van der Waals surface area contributed by atoms with Gasteiger partial charge in [0, 0.05) is 18.8 Å². The minimum atomic E-state index is -2.67. The number of carbonyl (C=O) groups excluding carboxylic acids is 3. The number of halogens is 2. The number of aliphatic carboxylic acids is 1. The van der Waals surface area contributed by atoms with Gasteiger partial charge in [0.1, 0.15) is 23.6 Å². The molecule has 12 atom stereocenters. The quantitative estimate of drug-likeness (QED) is 0.164. The first kappa shape index (κ1) is 45.4. The molecule has 0 spiro atoms. The van der Waals surface area contributed by atoms with Gasteiger partial charge < -0.3 is 34.5 Å². The van der Waals surface area contributed by atoms with Gasteiger partial charge in [-0.1, -0.05) is 66.5 Å². The van der Waals surface area contributed by atoms with Crippen molar-refractivity contribution in [3.8, 4) is 0 Å². The SMILES string of the molecule is CC(C)[C@@H]1CC[C@@H](C)C[C@H]1OC(=O)O[C@@H]1C[C@H](C)CC[C@H]1C(C)C.C[C@@H](OC(=O)C(C)(C)C)OC(=O)[C@@]1(N)[C@H]2[C@@H](C[C@H]1OCc1ccc(F)cc1)[C@]2(F)C(=O)O. The highest BCUT2D eigenvalue weighted by Gasteiger charge is 2.85. The van der Waals surface area contributed by atoms with Gasteiger partial charge in [-0.05, 0) is 106 Å². The van der Waals surface area contributed by atoms with Crippen LogP contribution in [0.3, 0.4) is 0 Å². The molecule has 4 fully saturated rings. The number of fused-ring (bicyclic) bond motifs is 1. The Kier molecular flexibility index (Phi) is 14.7. The van der Waals surface area contributed by atoms with Crippen molar-refractivity contribution in [1.29, 1.82) is 0 Å². The van der Waals surface area contributed by atoms with Gasteiger partial charge in [0.05, 0.1) is 18.1 Å². The highest BCUT2D eigenvalue weighted by molar-refractivity contribution is 5.91. The lowest BCUT2D eigenvalue weighted by atomic mass is 9.75. The zero-order chi connectivity index (χ0) is 41.9. The summed E-state index contributed by atoms with van der Waals surface area (Å²) >= 11 is 0. The summed E-state index contributed by atoms with van der Waals surface area (Å²) in [5.74, 6) is -2.96. The minimum absolute atomic E-state index is 0.0276. The molecule has 4 aliphatic carbocycles. The zero-order valence-corrected chi connectivity index (χ0v) is 34.8. The number of benzene rings is 1. The lowest BCUT2D eigenvalue weighted by Gasteiger charge is -2.38. The van der Waals surface area contributed by atoms with Gasteiger partial charge in [-0.2, -0.15) is 0 Å². The smallest absolute Gasteiger partial charge is 0.479 e. The van der Waals surface area contributed by atoms with Crippen LogP contribution in [0.25, 0.3) is 0 Å². The van der Waals surface area contributed by atoms with Crippen molar-refractivity contribution in [3.05, 3.63) is 35.6 Å². The lowest BCUT2D eigenvalue weighted by Crippen LogP contribution is -2.61. The number of nitrogens with two attached hydrogens (primary N) is 1. The fourth-order valence-corrected chi connectivity index (χ4v) is 8.95. The van der Waals surface area contributed by atoms with E-state index >= 15 is 4.39 Å². The number of carboxylic acids is 1. The van der Waals surface area contributed by atoms with Crippen LogP contribution in [0.5, 0.6) is 0 Å². The molecule has 0 heterocycles. The Hall–Kier alpha value is -3.32. The molecule has 0 saturated heterocycles. The van der Waals surface area contributed by atoms with E-state index in [2.05, 4.69) is 41.5 Å². The monoisotopic (exact) mass is 793 g/mol. The lowest BCUT2D eigenvalue weighted by molar-refractivity contribution is -0.198. The molecule has 1 aromatic rings. The Balaban J connectivity index is 0.000000259. The van der Waals surface area contributed by atoms with E-state index in [4.69, 9.17) is 29.4 Å².